The Morgan fingerprint density at radius 2 is 2.04 bits per heavy atom. The molecule has 0 radical (unpaired) electrons. The number of amides is 1. The molecular weight excluding hydrogens is 302 g/mol. The lowest BCUT2D eigenvalue weighted by Crippen LogP contribution is -2.26. The smallest absolute Gasteiger partial charge is 0.252 e. The van der Waals surface area contributed by atoms with E-state index >= 15 is 0 Å². The first-order valence-electron chi connectivity index (χ1n) is 8.83. The van der Waals surface area contributed by atoms with E-state index < -0.39 is 0 Å². The number of carbonyl (C=O) groups is 1. The molecule has 5 nitrogen and oxygen atoms in total. The molecule has 0 unspecified atom stereocenters. The number of nitrogens with zero attached hydrogens (tertiary/aromatic N) is 1. The summed E-state index contributed by atoms with van der Waals surface area (Å²) in [7, 11) is 0. The maximum atomic E-state index is 12.6. The summed E-state index contributed by atoms with van der Waals surface area (Å²) in [5.74, 6) is 0.941. The van der Waals surface area contributed by atoms with Gasteiger partial charge < -0.3 is 15.7 Å². The molecule has 0 bridgehead atoms. The summed E-state index contributed by atoms with van der Waals surface area (Å²) in [5, 5.41) is 17.2. The van der Waals surface area contributed by atoms with Crippen LogP contribution in [0, 0.1) is 5.92 Å². The fraction of sp³-hybridized carbons (Fsp3) is 0.474. The van der Waals surface area contributed by atoms with Crippen LogP contribution in [0.3, 0.4) is 0 Å². The molecule has 5 heteroatoms. The molecule has 4 rings (SSSR count). The highest BCUT2D eigenvalue weighted by molar-refractivity contribution is 6.07. The van der Waals surface area contributed by atoms with Gasteiger partial charge in [0.1, 0.15) is 5.82 Å². The van der Waals surface area contributed by atoms with Crippen LogP contribution in [0.1, 0.15) is 42.5 Å². The first kappa shape index (κ1) is 15.4. The molecule has 1 heterocycles. The van der Waals surface area contributed by atoms with Crippen molar-refractivity contribution in [3.8, 4) is 0 Å². The molecule has 2 saturated carbocycles. The zero-order chi connectivity index (χ0) is 16.5. The van der Waals surface area contributed by atoms with Gasteiger partial charge in [0.15, 0.2) is 0 Å². The lowest BCUT2D eigenvalue weighted by molar-refractivity contribution is 0.0952. The minimum atomic E-state index is -0.226. The number of aliphatic hydroxyl groups excluding tert-OH is 1. The summed E-state index contributed by atoms with van der Waals surface area (Å²) in [4.78, 5) is 17.2. The molecule has 24 heavy (non-hydrogen) atoms. The van der Waals surface area contributed by atoms with Gasteiger partial charge in [-0.15, -0.1) is 0 Å². The zero-order valence-electron chi connectivity index (χ0n) is 13.7. The first-order chi connectivity index (χ1) is 11.7. The molecule has 2 atom stereocenters. The van der Waals surface area contributed by atoms with Crippen molar-refractivity contribution >= 4 is 22.6 Å². The summed E-state index contributed by atoms with van der Waals surface area (Å²) in [6.07, 6.45) is 4.91. The Labute approximate surface area is 141 Å². The third kappa shape index (κ3) is 3.22. The van der Waals surface area contributed by atoms with E-state index in [0.717, 1.165) is 43.0 Å². The van der Waals surface area contributed by atoms with Crippen molar-refractivity contribution < 1.29 is 9.90 Å². The van der Waals surface area contributed by atoms with Gasteiger partial charge in [0.25, 0.3) is 5.91 Å². The van der Waals surface area contributed by atoms with Crippen LogP contribution in [0.15, 0.2) is 30.3 Å². The van der Waals surface area contributed by atoms with E-state index in [4.69, 9.17) is 0 Å². The fourth-order valence-corrected chi connectivity index (χ4v) is 3.44. The molecule has 2 fully saturated rings. The number of anilines is 1. The van der Waals surface area contributed by atoms with E-state index in [-0.39, 0.29) is 17.9 Å². The fourth-order valence-electron chi connectivity index (χ4n) is 3.44. The Hall–Kier alpha value is -2.14. The van der Waals surface area contributed by atoms with Crippen LogP contribution in [-0.2, 0) is 0 Å². The van der Waals surface area contributed by atoms with Gasteiger partial charge >= 0.3 is 0 Å². The second-order valence-corrected chi connectivity index (χ2v) is 6.96. The normalized spacial score (nSPS) is 23.4. The molecule has 2 aromatic rings. The number of para-hydroxylation sites is 1. The molecule has 0 aliphatic heterocycles. The number of benzene rings is 1. The standard InChI is InChI=1S/C19H23N3O2/c23-17-7-3-4-12(17)11-20-18-10-15(19(24)21-13-8-9-13)14-5-1-2-6-16(14)22-18/h1-2,5-6,10,12-13,17,23H,3-4,7-9,11H2,(H,20,22)(H,21,24)/t12-,17+/m0/s1. The topological polar surface area (TPSA) is 74.2 Å². The van der Waals surface area contributed by atoms with Crippen LogP contribution in [-0.4, -0.2) is 34.7 Å². The summed E-state index contributed by atoms with van der Waals surface area (Å²) >= 11 is 0. The third-order valence-corrected chi connectivity index (χ3v) is 5.04. The number of nitrogens with one attached hydrogen (secondary N) is 2. The van der Waals surface area contributed by atoms with Crippen molar-refractivity contribution in [2.45, 2.75) is 44.2 Å². The van der Waals surface area contributed by atoms with Gasteiger partial charge in [-0.3, -0.25) is 4.79 Å². The largest absolute Gasteiger partial charge is 0.393 e. The van der Waals surface area contributed by atoms with Crippen LogP contribution in [0.4, 0.5) is 5.82 Å². The van der Waals surface area contributed by atoms with Gasteiger partial charge in [0.05, 0.1) is 17.2 Å². The highest BCUT2D eigenvalue weighted by Crippen LogP contribution is 2.27. The molecule has 1 aromatic heterocycles. The second kappa shape index (κ2) is 6.40. The van der Waals surface area contributed by atoms with E-state index in [9.17, 15) is 9.90 Å². The Balaban J connectivity index is 1.59. The summed E-state index contributed by atoms with van der Waals surface area (Å²) in [5.41, 5.74) is 1.48. The molecule has 0 spiro atoms. The van der Waals surface area contributed by atoms with Gasteiger partial charge in [0, 0.05) is 23.9 Å². The minimum Gasteiger partial charge on any atom is -0.393 e. The maximum absolute atomic E-state index is 12.6. The zero-order valence-corrected chi connectivity index (χ0v) is 13.7. The Kier molecular flexibility index (Phi) is 4.10. The maximum Gasteiger partial charge on any atom is 0.252 e. The summed E-state index contributed by atoms with van der Waals surface area (Å²) in [6, 6.07) is 9.89. The molecule has 1 amide bonds. The van der Waals surface area contributed by atoms with Crippen molar-refractivity contribution in [3.63, 3.8) is 0 Å². The SMILES string of the molecule is O=C(NC1CC1)c1cc(NC[C@@H]2CCC[C@H]2O)nc2ccccc12. The van der Waals surface area contributed by atoms with Crippen LogP contribution in [0.2, 0.25) is 0 Å². The monoisotopic (exact) mass is 325 g/mol. The molecule has 2 aliphatic rings. The molecule has 0 saturated heterocycles. The van der Waals surface area contributed by atoms with Crippen molar-refractivity contribution in [2.24, 2.45) is 5.92 Å². The predicted molar refractivity (Wildman–Crippen MR) is 94.1 cm³/mol. The number of pyridine rings is 1. The molecule has 3 N–H and O–H groups in total. The Morgan fingerprint density at radius 3 is 2.79 bits per heavy atom. The number of hydrogen-bond donors (Lipinski definition) is 3. The van der Waals surface area contributed by atoms with Gasteiger partial charge in [-0.05, 0) is 37.8 Å². The van der Waals surface area contributed by atoms with Crippen molar-refractivity contribution in [1.82, 2.24) is 10.3 Å². The van der Waals surface area contributed by atoms with Crippen LogP contribution in [0.25, 0.3) is 10.9 Å². The van der Waals surface area contributed by atoms with Gasteiger partial charge in [0.2, 0.25) is 0 Å². The predicted octanol–water partition coefficient (Wildman–Crippen LogP) is 2.70. The number of fused-ring (bicyclic) bond motifs is 1. The highest BCUT2D eigenvalue weighted by Gasteiger charge is 2.26. The average molecular weight is 325 g/mol. The molecular formula is C19H23N3O2. The van der Waals surface area contributed by atoms with E-state index in [1.807, 2.05) is 30.3 Å². The Bertz CT molecular complexity index is 757. The summed E-state index contributed by atoms with van der Waals surface area (Å²) < 4.78 is 0. The van der Waals surface area contributed by atoms with E-state index in [0.29, 0.717) is 24.0 Å². The summed E-state index contributed by atoms with van der Waals surface area (Å²) in [6.45, 7) is 0.691. The van der Waals surface area contributed by atoms with Gasteiger partial charge in [-0.25, -0.2) is 4.98 Å². The highest BCUT2D eigenvalue weighted by atomic mass is 16.3. The lowest BCUT2D eigenvalue weighted by atomic mass is 10.1. The number of rotatable bonds is 5. The second-order valence-electron chi connectivity index (χ2n) is 6.96. The van der Waals surface area contributed by atoms with Crippen molar-refractivity contribution in [1.29, 1.82) is 0 Å². The number of hydrogen-bond acceptors (Lipinski definition) is 4. The Morgan fingerprint density at radius 1 is 1.21 bits per heavy atom. The molecule has 2 aliphatic carbocycles. The number of aromatic nitrogens is 1. The third-order valence-electron chi connectivity index (χ3n) is 5.04. The van der Waals surface area contributed by atoms with Crippen LogP contribution >= 0.6 is 0 Å². The molecule has 1 aromatic carbocycles. The van der Waals surface area contributed by atoms with E-state index in [2.05, 4.69) is 15.6 Å². The quantitative estimate of drug-likeness (QED) is 0.790. The van der Waals surface area contributed by atoms with Gasteiger partial charge in [-0.2, -0.15) is 0 Å². The van der Waals surface area contributed by atoms with Crippen molar-refractivity contribution in [3.05, 3.63) is 35.9 Å². The van der Waals surface area contributed by atoms with Crippen molar-refractivity contribution in [2.75, 3.05) is 11.9 Å². The number of aliphatic hydroxyl groups is 1. The van der Waals surface area contributed by atoms with Crippen LogP contribution < -0.4 is 10.6 Å². The minimum absolute atomic E-state index is 0.0277. The molecule has 126 valence electrons. The lowest BCUT2D eigenvalue weighted by Gasteiger charge is -2.16. The van der Waals surface area contributed by atoms with Gasteiger partial charge in [-0.1, -0.05) is 24.6 Å². The average Bonchev–Trinajstić information content (AvgIpc) is 3.31. The van der Waals surface area contributed by atoms with Crippen LogP contribution in [0.5, 0.6) is 0 Å². The first-order valence-corrected chi connectivity index (χ1v) is 8.83. The number of carbonyl (C=O) groups excluding carboxylic acids is 1. The van der Waals surface area contributed by atoms with E-state index in [1.165, 1.54) is 0 Å². The van der Waals surface area contributed by atoms with E-state index in [1.54, 1.807) is 0 Å².